The molecule has 130 valence electrons. The van der Waals surface area contributed by atoms with E-state index in [0.29, 0.717) is 0 Å². The zero-order chi connectivity index (χ0) is 18.2. The lowest BCUT2D eigenvalue weighted by molar-refractivity contribution is -0.149. The fourth-order valence-electron chi connectivity index (χ4n) is 1.54. The number of hydrogen-bond donors (Lipinski definition) is 5. The van der Waals surface area contributed by atoms with Crippen molar-refractivity contribution in [2.75, 3.05) is 0 Å². The molecule has 10 heteroatoms. The number of carboxylic acids is 2. The third-order valence-corrected chi connectivity index (χ3v) is 2.92. The summed E-state index contributed by atoms with van der Waals surface area (Å²) >= 11 is 0. The highest BCUT2D eigenvalue weighted by Gasteiger charge is 2.24. The topological polar surface area (TPSA) is 176 Å². The third-order valence-electron chi connectivity index (χ3n) is 2.92. The van der Waals surface area contributed by atoms with E-state index >= 15 is 0 Å². The summed E-state index contributed by atoms with van der Waals surface area (Å²) in [5.74, 6) is -5.24. The molecule has 0 unspecified atom stereocenters. The molecule has 23 heavy (non-hydrogen) atoms. The van der Waals surface area contributed by atoms with Crippen molar-refractivity contribution < 1.29 is 34.2 Å². The summed E-state index contributed by atoms with van der Waals surface area (Å²) in [6, 6.07) is -3.10. The highest BCUT2D eigenvalue weighted by molar-refractivity contribution is 6.32. The molecule has 10 nitrogen and oxygen atoms in total. The molecule has 0 aromatic carbocycles. The number of nitrogens with two attached hydrogens (primary N) is 1. The first-order chi connectivity index (χ1) is 10.6. The second kappa shape index (κ2) is 9.51. The first kappa shape index (κ1) is 20.5. The van der Waals surface area contributed by atoms with E-state index in [0.717, 1.165) is 0 Å². The Morgan fingerprint density at radius 2 is 1.57 bits per heavy atom. The minimum atomic E-state index is -1.59. The number of rotatable bonds is 10. The van der Waals surface area contributed by atoms with Crippen molar-refractivity contribution in [3.05, 3.63) is 0 Å². The predicted octanol–water partition coefficient (Wildman–Crippen LogP) is -1.77. The van der Waals surface area contributed by atoms with Crippen LogP contribution in [0.15, 0.2) is 0 Å². The monoisotopic (exact) mass is 331 g/mol. The van der Waals surface area contributed by atoms with Crippen LogP contribution in [0.2, 0.25) is 0 Å². The maximum absolute atomic E-state index is 11.8. The van der Waals surface area contributed by atoms with Crippen LogP contribution in [0.3, 0.4) is 0 Å². The first-order valence-electron chi connectivity index (χ1n) is 6.91. The van der Waals surface area contributed by atoms with Crippen LogP contribution in [0.25, 0.3) is 0 Å². The number of carbonyl (C=O) groups excluding carboxylic acids is 3. The number of nitrogens with one attached hydrogen (secondary N) is 2. The number of carboxylic acid groups (broad SMARTS) is 2. The van der Waals surface area contributed by atoms with Gasteiger partial charge in [0, 0.05) is 6.42 Å². The highest BCUT2D eigenvalue weighted by atomic mass is 16.4. The Balaban J connectivity index is 4.49. The largest absolute Gasteiger partial charge is 0.480 e. The van der Waals surface area contributed by atoms with Crippen LogP contribution in [0.5, 0.6) is 0 Å². The van der Waals surface area contributed by atoms with Crippen molar-refractivity contribution >= 4 is 29.5 Å². The summed E-state index contributed by atoms with van der Waals surface area (Å²) in [5, 5.41) is 22.0. The van der Waals surface area contributed by atoms with Crippen molar-refractivity contribution in [2.24, 2.45) is 5.73 Å². The standard InChI is InChI=1S/C13H21N3O7/c1-6(14)10(18)15-7(2)11(19)16-8(12(20)21)4-3-5-9(17)13(22)23/h6-8H,3-5,14H2,1-2H3,(H,15,18)(H,16,19)(H,20,21)(H,22,23)/t6-,7-,8-/m0/s1. The van der Waals surface area contributed by atoms with E-state index in [1.807, 2.05) is 0 Å². The minimum Gasteiger partial charge on any atom is -0.480 e. The Morgan fingerprint density at radius 3 is 2.00 bits per heavy atom. The molecule has 0 aromatic heterocycles. The molecule has 2 amide bonds. The normalized spacial score (nSPS) is 14.2. The van der Waals surface area contributed by atoms with Gasteiger partial charge in [0.15, 0.2) is 0 Å². The summed E-state index contributed by atoms with van der Waals surface area (Å²) in [5.41, 5.74) is 5.33. The average Bonchev–Trinajstić information content (AvgIpc) is 2.44. The zero-order valence-electron chi connectivity index (χ0n) is 12.9. The van der Waals surface area contributed by atoms with Gasteiger partial charge in [-0.1, -0.05) is 0 Å². The van der Waals surface area contributed by atoms with Gasteiger partial charge in [-0.3, -0.25) is 14.4 Å². The summed E-state index contributed by atoms with van der Waals surface area (Å²) < 4.78 is 0. The van der Waals surface area contributed by atoms with Crippen LogP contribution in [0, 0.1) is 0 Å². The van der Waals surface area contributed by atoms with Gasteiger partial charge in [0.25, 0.3) is 0 Å². The Kier molecular flexibility index (Phi) is 8.48. The number of ketones is 1. The van der Waals surface area contributed by atoms with Crippen LogP contribution in [-0.4, -0.2) is 57.9 Å². The number of aliphatic carboxylic acids is 2. The Morgan fingerprint density at radius 1 is 1.00 bits per heavy atom. The Hall–Kier alpha value is -2.49. The second-order valence-electron chi connectivity index (χ2n) is 5.04. The fourth-order valence-corrected chi connectivity index (χ4v) is 1.54. The number of Topliss-reactive ketones (excluding diaryl/α,β-unsaturated/α-hetero) is 1. The SMILES string of the molecule is C[C@H](N)C(=O)N[C@@H](C)C(=O)N[C@@H](CCCC(=O)C(=O)O)C(=O)O. The Bertz CT molecular complexity index is 490. The molecule has 0 radical (unpaired) electrons. The van der Waals surface area contributed by atoms with E-state index in [1.54, 1.807) is 0 Å². The summed E-state index contributed by atoms with van der Waals surface area (Å²) in [4.78, 5) is 55.5. The molecule has 0 aliphatic heterocycles. The van der Waals surface area contributed by atoms with Crippen molar-refractivity contribution in [3.63, 3.8) is 0 Å². The van der Waals surface area contributed by atoms with E-state index < -0.39 is 47.7 Å². The lowest BCUT2D eigenvalue weighted by atomic mass is 10.1. The molecule has 0 aromatic rings. The predicted molar refractivity (Wildman–Crippen MR) is 77.3 cm³/mol. The lowest BCUT2D eigenvalue weighted by Crippen LogP contribution is -2.52. The highest BCUT2D eigenvalue weighted by Crippen LogP contribution is 2.03. The fraction of sp³-hybridized carbons (Fsp3) is 0.615. The molecule has 0 fully saturated rings. The quantitative estimate of drug-likeness (QED) is 0.292. The maximum atomic E-state index is 11.8. The summed E-state index contributed by atoms with van der Waals surface area (Å²) in [7, 11) is 0. The van der Waals surface area contributed by atoms with Crippen molar-refractivity contribution in [1.29, 1.82) is 0 Å². The van der Waals surface area contributed by atoms with Gasteiger partial charge in [0.2, 0.25) is 17.6 Å². The van der Waals surface area contributed by atoms with E-state index in [4.69, 9.17) is 15.9 Å². The molecule has 0 spiro atoms. The molecular formula is C13H21N3O7. The molecule has 0 aliphatic carbocycles. The number of carbonyl (C=O) groups is 5. The Labute approximate surface area is 132 Å². The van der Waals surface area contributed by atoms with Gasteiger partial charge < -0.3 is 26.6 Å². The van der Waals surface area contributed by atoms with Gasteiger partial charge in [0.1, 0.15) is 12.1 Å². The van der Waals surface area contributed by atoms with E-state index in [2.05, 4.69) is 10.6 Å². The van der Waals surface area contributed by atoms with Gasteiger partial charge >= 0.3 is 11.9 Å². The molecule has 3 atom stereocenters. The molecule has 0 aliphatic rings. The third kappa shape index (κ3) is 7.90. The van der Waals surface area contributed by atoms with Gasteiger partial charge in [0.05, 0.1) is 6.04 Å². The van der Waals surface area contributed by atoms with Crippen LogP contribution < -0.4 is 16.4 Å². The average molecular weight is 331 g/mol. The van der Waals surface area contributed by atoms with Crippen LogP contribution >= 0.6 is 0 Å². The molecule has 0 bridgehead atoms. The van der Waals surface area contributed by atoms with Gasteiger partial charge in [-0.05, 0) is 26.7 Å². The van der Waals surface area contributed by atoms with Crippen LogP contribution in [-0.2, 0) is 24.0 Å². The van der Waals surface area contributed by atoms with Crippen molar-refractivity contribution in [2.45, 2.75) is 51.2 Å². The summed E-state index contributed by atoms with van der Waals surface area (Å²) in [6.45, 7) is 2.79. The van der Waals surface area contributed by atoms with Crippen molar-refractivity contribution in [3.8, 4) is 0 Å². The minimum absolute atomic E-state index is 0.0110. The van der Waals surface area contributed by atoms with Gasteiger partial charge in [-0.25, -0.2) is 9.59 Å². The molecule has 6 N–H and O–H groups in total. The zero-order valence-corrected chi connectivity index (χ0v) is 12.9. The van der Waals surface area contributed by atoms with Crippen molar-refractivity contribution in [1.82, 2.24) is 10.6 Å². The lowest BCUT2D eigenvalue weighted by Gasteiger charge is -2.19. The maximum Gasteiger partial charge on any atom is 0.372 e. The smallest absolute Gasteiger partial charge is 0.372 e. The van der Waals surface area contributed by atoms with E-state index in [9.17, 15) is 24.0 Å². The number of hydrogen-bond acceptors (Lipinski definition) is 6. The molecule has 0 saturated carbocycles. The molecule has 0 heterocycles. The molecular weight excluding hydrogens is 310 g/mol. The molecule has 0 saturated heterocycles. The van der Waals surface area contributed by atoms with E-state index in [-0.39, 0.29) is 19.3 Å². The van der Waals surface area contributed by atoms with E-state index in [1.165, 1.54) is 13.8 Å². The summed E-state index contributed by atoms with van der Waals surface area (Å²) in [6.07, 6.45) is -0.455. The van der Waals surface area contributed by atoms with Crippen LogP contribution in [0.4, 0.5) is 0 Å². The van der Waals surface area contributed by atoms with Gasteiger partial charge in [-0.2, -0.15) is 0 Å². The number of amides is 2. The first-order valence-corrected chi connectivity index (χ1v) is 6.91. The van der Waals surface area contributed by atoms with Gasteiger partial charge in [-0.15, -0.1) is 0 Å². The second-order valence-corrected chi connectivity index (χ2v) is 5.04. The molecule has 0 rings (SSSR count). The van der Waals surface area contributed by atoms with Crippen LogP contribution in [0.1, 0.15) is 33.1 Å².